The van der Waals surface area contributed by atoms with Gasteiger partial charge in [0.05, 0.1) is 0 Å². The number of hydrogen-bond acceptors (Lipinski definition) is 0. The topological polar surface area (TPSA) is 0 Å². The molecule has 0 atom stereocenters. The van der Waals surface area contributed by atoms with Gasteiger partial charge < -0.3 is 24.8 Å². The second-order valence-electron chi connectivity index (χ2n) is 20.1. The summed E-state index contributed by atoms with van der Waals surface area (Å²) in [6, 6.07) is 30.7. The van der Waals surface area contributed by atoms with Gasteiger partial charge in [-0.3, -0.25) is 6.08 Å². The summed E-state index contributed by atoms with van der Waals surface area (Å²) < 4.78 is 1.50. The molecule has 0 heterocycles. The Morgan fingerprint density at radius 3 is 1.16 bits per heavy atom. The van der Waals surface area contributed by atoms with Crippen LogP contribution in [0.3, 0.4) is 0 Å². The minimum Gasteiger partial charge on any atom is -1.00 e. The van der Waals surface area contributed by atoms with E-state index in [4.69, 9.17) is 0 Å². The van der Waals surface area contributed by atoms with E-state index in [-0.39, 0.29) is 46.5 Å². The average Bonchev–Trinajstić information content (AvgIpc) is 3.83. The second kappa shape index (κ2) is 21.9. The SMILES string of the molecule is CC(C)(C)c1cc2[cH-]c3cc(C(C)(C)C)c(C(C)(C)C)cc3c2cc1C(C)(C)C.CCCCc1ccc([C](=[Hf+2])c2ccc(CCCC)cc2)cc1.[C-]1=CC=CC1.[Cl-].[Cl-]. The van der Waals surface area contributed by atoms with Crippen molar-refractivity contribution in [2.75, 3.05) is 0 Å². The fourth-order valence-corrected chi connectivity index (χ4v) is 8.73. The molecule has 0 fully saturated rings. The van der Waals surface area contributed by atoms with Crippen molar-refractivity contribution in [1.82, 2.24) is 0 Å². The van der Waals surface area contributed by atoms with Crippen molar-refractivity contribution in [2.45, 2.75) is 164 Å². The molecule has 58 heavy (non-hydrogen) atoms. The van der Waals surface area contributed by atoms with Crippen LogP contribution in [-0.4, -0.2) is 3.26 Å². The molecule has 312 valence electrons. The largest absolute Gasteiger partial charge is 1.00 e. The van der Waals surface area contributed by atoms with Gasteiger partial charge in [0.2, 0.25) is 0 Å². The first-order valence-corrected chi connectivity index (χ1v) is 23.2. The summed E-state index contributed by atoms with van der Waals surface area (Å²) in [6.07, 6.45) is 17.5. The number of fused-ring (bicyclic) bond motifs is 3. The van der Waals surface area contributed by atoms with Gasteiger partial charge in [0, 0.05) is 0 Å². The molecule has 0 amide bonds. The molecule has 0 nitrogen and oxygen atoms in total. The van der Waals surface area contributed by atoms with E-state index in [9.17, 15) is 0 Å². The van der Waals surface area contributed by atoms with E-state index in [0.717, 1.165) is 30.3 Å². The average molecular weight is 983 g/mol. The fourth-order valence-electron chi connectivity index (χ4n) is 7.53. The minimum atomic E-state index is 0. The molecular weight excluding hydrogens is 910 g/mol. The molecule has 0 saturated heterocycles. The van der Waals surface area contributed by atoms with Crippen LogP contribution in [-0.2, 0) is 58.4 Å². The number of benzene rings is 4. The molecule has 1 aliphatic rings. The molecule has 0 unspecified atom stereocenters. The molecule has 5 aromatic rings. The summed E-state index contributed by atoms with van der Waals surface area (Å²) in [5.74, 6) is 0. The quantitative estimate of drug-likeness (QED) is 0.107. The van der Waals surface area contributed by atoms with Crippen LogP contribution in [0.1, 0.15) is 174 Å². The Morgan fingerprint density at radius 1 is 0.552 bits per heavy atom. The number of rotatable bonds is 8. The maximum Gasteiger partial charge on any atom is -0.109 e. The Balaban J connectivity index is 0.000000354. The van der Waals surface area contributed by atoms with Gasteiger partial charge in [0.1, 0.15) is 0 Å². The van der Waals surface area contributed by atoms with Gasteiger partial charge in [0.25, 0.3) is 0 Å². The van der Waals surface area contributed by atoms with E-state index in [1.54, 1.807) is 0 Å². The van der Waals surface area contributed by atoms with Crippen LogP contribution >= 0.6 is 0 Å². The number of allylic oxidation sites excluding steroid dienone is 4. The molecule has 0 saturated carbocycles. The number of unbranched alkanes of at least 4 members (excludes halogenated alkanes) is 2. The van der Waals surface area contributed by atoms with Gasteiger partial charge in [-0.05, 0) is 21.7 Å². The van der Waals surface area contributed by atoms with Crippen LogP contribution in [0.2, 0.25) is 0 Å². The predicted octanol–water partition coefficient (Wildman–Crippen LogP) is 9.70. The maximum absolute atomic E-state index is 2.99. The third kappa shape index (κ3) is 14.1. The summed E-state index contributed by atoms with van der Waals surface area (Å²) >= 11 is 1.08. The third-order valence-electron chi connectivity index (χ3n) is 10.9. The number of halogens is 2. The zero-order valence-corrected chi connectivity index (χ0v) is 43.5. The maximum atomic E-state index is 2.99. The van der Waals surface area contributed by atoms with Gasteiger partial charge in [-0.2, -0.15) is 6.08 Å². The fraction of sp³-hybridized carbons (Fsp3) is 0.455. The summed E-state index contributed by atoms with van der Waals surface area (Å²) in [6.45, 7) is 32.6. The number of hydrogen-bond donors (Lipinski definition) is 0. The van der Waals surface area contributed by atoms with E-state index in [1.165, 1.54) is 108 Å². The Hall–Kier alpha value is -2.45. The van der Waals surface area contributed by atoms with Crippen LogP contribution in [0.5, 0.6) is 0 Å². The Morgan fingerprint density at radius 2 is 0.897 bits per heavy atom. The van der Waals surface area contributed by atoms with E-state index >= 15 is 0 Å². The first kappa shape index (κ1) is 51.7. The van der Waals surface area contributed by atoms with Crippen molar-refractivity contribution in [1.29, 1.82) is 0 Å². The molecule has 3 heteroatoms. The van der Waals surface area contributed by atoms with Crippen molar-refractivity contribution in [3.63, 3.8) is 0 Å². The van der Waals surface area contributed by atoms with Crippen LogP contribution in [0, 0.1) is 6.08 Å². The molecule has 0 aliphatic heterocycles. The zero-order chi connectivity index (χ0) is 41.5. The molecule has 1 aliphatic carbocycles. The van der Waals surface area contributed by atoms with E-state index < -0.39 is 0 Å². The standard InChI is InChI=1S/C29H41.C21H26.C5H5.2ClH.Hf/c1-26(2,3)22-14-18-13-19-15-23(27(4,5)6)25(29(10,11)12)17-21(19)20(18)16-24(22)28(7,8)9;1-3-5-7-18-9-13-20(14-10-18)17-21-15-11-19(12-16-21)8-6-4-2;1-2-4-5-3-1;;;/h13-17H,1-12H3;9-16H,3-8H2,1-2H3;1-3H,4H2;2*1H;/q-1;;-1;;;+2/p-2. The molecular formula is C55H72Cl2Hf-2. The van der Waals surface area contributed by atoms with Crippen molar-refractivity contribution < 1.29 is 48.7 Å². The molecule has 0 bridgehead atoms. The monoisotopic (exact) mass is 982 g/mol. The smallest absolute Gasteiger partial charge is 0.109 e. The molecule has 0 spiro atoms. The van der Waals surface area contributed by atoms with E-state index in [2.05, 4.69) is 188 Å². The van der Waals surface area contributed by atoms with Gasteiger partial charge in [0.15, 0.2) is 0 Å². The predicted molar refractivity (Wildman–Crippen MR) is 247 cm³/mol. The first-order chi connectivity index (χ1) is 26.1. The van der Waals surface area contributed by atoms with Gasteiger partial charge >= 0.3 is 150 Å². The van der Waals surface area contributed by atoms with Crippen LogP contribution in [0.4, 0.5) is 0 Å². The molecule has 0 aromatic heterocycles. The summed E-state index contributed by atoms with van der Waals surface area (Å²) in [4.78, 5) is 0. The summed E-state index contributed by atoms with van der Waals surface area (Å²) in [5, 5.41) is 5.57. The summed E-state index contributed by atoms with van der Waals surface area (Å²) in [5.41, 5.74) is 12.1. The van der Waals surface area contributed by atoms with Crippen molar-refractivity contribution in [2.24, 2.45) is 0 Å². The van der Waals surface area contributed by atoms with Crippen molar-refractivity contribution in [3.05, 3.63) is 148 Å². The van der Waals surface area contributed by atoms with E-state index in [1.807, 2.05) is 12.2 Å². The molecule has 5 aromatic carbocycles. The Bertz CT molecular complexity index is 1960. The second-order valence-corrected chi connectivity index (χ2v) is 21.9. The Labute approximate surface area is 382 Å². The van der Waals surface area contributed by atoms with E-state index in [0.29, 0.717) is 0 Å². The zero-order valence-electron chi connectivity index (χ0n) is 38.4. The molecule has 0 N–H and O–H groups in total. The Kier molecular flexibility index (Phi) is 19.5. The molecule has 6 rings (SSSR count). The third-order valence-corrected chi connectivity index (χ3v) is 13.0. The number of aryl methyl sites for hydroxylation is 2. The minimum absolute atomic E-state index is 0. The van der Waals surface area contributed by atoms with Gasteiger partial charge in [-0.1, -0.05) is 117 Å². The normalized spacial score (nSPS) is 12.7. The van der Waals surface area contributed by atoms with Crippen LogP contribution < -0.4 is 24.8 Å². The van der Waals surface area contributed by atoms with Gasteiger partial charge in [-0.25, -0.2) is 12.2 Å². The van der Waals surface area contributed by atoms with Gasteiger partial charge in [-0.15, -0.1) is 46.2 Å². The molecule has 0 radical (unpaired) electrons. The van der Waals surface area contributed by atoms with Crippen LogP contribution in [0.15, 0.2) is 97.1 Å². The van der Waals surface area contributed by atoms with Crippen LogP contribution in [0.25, 0.3) is 21.5 Å². The van der Waals surface area contributed by atoms with Crippen molar-refractivity contribution in [3.8, 4) is 0 Å². The van der Waals surface area contributed by atoms with Crippen molar-refractivity contribution >= 4 is 24.8 Å². The first-order valence-electron chi connectivity index (χ1n) is 21.4. The summed E-state index contributed by atoms with van der Waals surface area (Å²) in [7, 11) is 0.